The summed E-state index contributed by atoms with van der Waals surface area (Å²) in [5.74, 6) is -1.77. The first kappa shape index (κ1) is 24.0. The van der Waals surface area contributed by atoms with E-state index in [2.05, 4.69) is 37.2 Å². The molecule has 8 nitrogen and oxygen atoms in total. The number of aromatic hydroxyl groups is 1. The van der Waals surface area contributed by atoms with Gasteiger partial charge in [0.1, 0.15) is 12.3 Å². The summed E-state index contributed by atoms with van der Waals surface area (Å²) in [6, 6.07) is 9.28. The van der Waals surface area contributed by atoms with Gasteiger partial charge in [0.2, 0.25) is 5.91 Å². The van der Waals surface area contributed by atoms with Crippen LogP contribution in [0.1, 0.15) is 22.8 Å². The molecule has 1 saturated heterocycles. The Bertz CT molecular complexity index is 1130. The van der Waals surface area contributed by atoms with Crippen LogP contribution in [0.25, 0.3) is 6.08 Å². The molecule has 2 aromatic carbocycles. The Morgan fingerprint density at radius 1 is 1.19 bits per heavy atom. The van der Waals surface area contributed by atoms with Gasteiger partial charge >= 0.3 is 5.97 Å². The topological polar surface area (TPSA) is 113 Å². The number of halogens is 2. The summed E-state index contributed by atoms with van der Waals surface area (Å²) in [7, 11) is 0. The number of benzene rings is 2. The van der Waals surface area contributed by atoms with Crippen LogP contribution in [0.3, 0.4) is 0 Å². The normalized spacial score (nSPS) is 14.7. The number of anilines is 1. The van der Waals surface area contributed by atoms with Crippen LogP contribution >= 0.6 is 43.6 Å². The molecule has 0 radical (unpaired) electrons. The average Bonchev–Trinajstić information content (AvgIpc) is 2.99. The number of nitrogens with one attached hydrogen (secondary N) is 1. The quantitative estimate of drug-likeness (QED) is 0.372. The molecule has 0 bridgehead atoms. The summed E-state index contributed by atoms with van der Waals surface area (Å²) >= 11 is 7.19. The smallest absolute Gasteiger partial charge is 0.338 e. The third-order valence-corrected chi connectivity index (χ3v) is 6.17. The van der Waals surface area contributed by atoms with Crippen LogP contribution in [0.5, 0.6) is 5.75 Å². The first-order chi connectivity index (χ1) is 15.2. The Hall–Kier alpha value is -2.63. The number of nitrogens with zero attached hydrogens (tertiary/aromatic N) is 1. The van der Waals surface area contributed by atoms with Crippen molar-refractivity contribution in [3.05, 3.63) is 61.4 Å². The van der Waals surface area contributed by atoms with E-state index in [4.69, 9.17) is 4.74 Å². The van der Waals surface area contributed by atoms with Gasteiger partial charge in [0.05, 0.1) is 21.5 Å². The summed E-state index contributed by atoms with van der Waals surface area (Å²) in [6.07, 6.45) is 1.39. The van der Waals surface area contributed by atoms with Crippen molar-refractivity contribution in [2.24, 2.45) is 0 Å². The monoisotopic (exact) mass is 582 g/mol. The SMILES string of the molecule is CCOC(=O)c1ccc(NC(=O)CN2C(=O)S/C(=C\c3cc(Br)cc(Br)c3O)C2=O)cc1. The van der Waals surface area contributed by atoms with Gasteiger partial charge in [-0.3, -0.25) is 19.3 Å². The fourth-order valence-corrected chi connectivity index (χ4v) is 4.81. The van der Waals surface area contributed by atoms with Crippen LogP contribution in [0, 0.1) is 0 Å². The number of thioether (sulfide) groups is 1. The third-order valence-electron chi connectivity index (χ3n) is 4.20. The molecule has 0 unspecified atom stereocenters. The van der Waals surface area contributed by atoms with E-state index in [0.717, 1.165) is 4.90 Å². The molecule has 0 spiro atoms. The number of amides is 3. The van der Waals surface area contributed by atoms with Gasteiger partial charge < -0.3 is 15.2 Å². The molecule has 1 aliphatic rings. The number of rotatable bonds is 6. The Morgan fingerprint density at radius 2 is 1.88 bits per heavy atom. The molecule has 3 amide bonds. The lowest BCUT2D eigenvalue weighted by atomic mass is 10.2. The van der Waals surface area contributed by atoms with E-state index in [-0.39, 0.29) is 17.3 Å². The molecule has 11 heteroatoms. The second kappa shape index (κ2) is 10.3. The van der Waals surface area contributed by atoms with Crippen LogP contribution in [0.15, 0.2) is 50.2 Å². The van der Waals surface area contributed by atoms with Gasteiger partial charge in [-0.1, -0.05) is 15.9 Å². The van der Waals surface area contributed by atoms with E-state index in [1.165, 1.54) is 30.3 Å². The number of phenols is 1. The zero-order valence-corrected chi connectivity index (χ0v) is 20.5. The number of hydrogen-bond donors (Lipinski definition) is 2. The molecule has 2 N–H and O–H groups in total. The standard InChI is InChI=1S/C21H16Br2N2O6S/c1-2-31-20(29)11-3-5-14(6-4-11)24-17(26)10-25-19(28)16(32-21(25)30)8-12-7-13(22)9-15(23)18(12)27/h3-9,27H,2,10H2,1H3,(H,24,26)/b16-8-. The summed E-state index contributed by atoms with van der Waals surface area (Å²) < 4.78 is 5.99. The van der Waals surface area contributed by atoms with Crippen molar-refractivity contribution in [2.75, 3.05) is 18.5 Å². The summed E-state index contributed by atoms with van der Waals surface area (Å²) in [5, 5.41) is 12.2. The number of esters is 1. The lowest BCUT2D eigenvalue weighted by Gasteiger charge is -2.12. The molecule has 1 aliphatic heterocycles. The minimum Gasteiger partial charge on any atom is -0.506 e. The Kier molecular flexibility index (Phi) is 7.75. The summed E-state index contributed by atoms with van der Waals surface area (Å²) in [6.45, 7) is 1.48. The molecular formula is C21H16Br2N2O6S. The first-order valence-electron chi connectivity index (χ1n) is 9.20. The number of ether oxygens (including phenoxy) is 1. The van der Waals surface area contributed by atoms with E-state index < -0.39 is 29.6 Å². The van der Waals surface area contributed by atoms with Crippen LogP contribution in [0.2, 0.25) is 0 Å². The van der Waals surface area contributed by atoms with Crippen molar-refractivity contribution in [1.82, 2.24) is 4.90 Å². The molecule has 0 aromatic heterocycles. The molecule has 32 heavy (non-hydrogen) atoms. The highest BCUT2D eigenvalue weighted by Crippen LogP contribution is 2.37. The minimum absolute atomic E-state index is 0.0796. The Balaban J connectivity index is 1.68. The molecule has 166 valence electrons. The maximum absolute atomic E-state index is 12.7. The maximum Gasteiger partial charge on any atom is 0.338 e. The summed E-state index contributed by atoms with van der Waals surface area (Å²) in [4.78, 5) is 49.9. The number of phenolic OH excluding ortho intramolecular Hbond substituents is 1. The number of carbonyl (C=O) groups excluding carboxylic acids is 4. The van der Waals surface area contributed by atoms with Crippen LogP contribution in [0.4, 0.5) is 10.5 Å². The molecule has 0 atom stereocenters. The van der Waals surface area contributed by atoms with E-state index in [1.807, 2.05) is 0 Å². The van der Waals surface area contributed by atoms with Crippen LogP contribution in [-0.2, 0) is 14.3 Å². The van der Waals surface area contributed by atoms with Crippen LogP contribution < -0.4 is 5.32 Å². The zero-order valence-electron chi connectivity index (χ0n) is 16.6. The highest BCUT2D eigenvalue weighted by Gasteiger charge is 2.36. The van der Waals surface area contributed by atoms with Gasteiger partial charge in [0.15, 0.2) is 0 Å². The molecule has 1 fully saturated rings. The van der Waals surface area contributed by atoms with Gasteiger partial charge in [-0.25, -0.2) is 4.79 Å². The molecule has 3 rings (SSSR count). The van der Waals surface area contributed by atoms with Crippen molar-refractivity contribution in [1.29, 1.82) is 0 Å². The fourth-order valence-electron chi connectivity index (χ4n) is 2.72. The van der Waals surface area contributed by atoms with Gasteiger partial charge in [0.25, 0.3) is 11.1 Å². The van der Waals surface area contributed by atoms with E-state index >= 15 is 0 Å². The van der Waals surface area contributed by atoms with Crippen molar-refractivity contribution >= 4 is 78.4 Å². The van der Waals surface area contributed by atoms with E-state index in [9.17, 15) is 24.3 Å². The van der Waals surface area contributed by atoms with Gasteiger partial charge in [-0.05, 0) is 77.1 Å². The van der Waals surface area contributed by atoms with Gasteiger partial charge in [0, 0.05) is 15.7 Å². The van der Waals surface area contributed by atoms with Gasteiger partial charge in [-0.15, -0.1) is 0 Å². The highest BCUT2D eigenvalue weighted by atomic mass is 79.9. The maximum atomic E-state index is 12.7. The molecule has 0 saturated carbocycles. The molecule has 2 aromatic rings. The lowest BCUT2D eigenvalue weighted by Crippen LogP contribution is -2.36. The van der Waals surface area contributed by atoms with Crippen molar-refractivity contribution < 1.29 is 29.0 Å². The van der Waals surface area contributed by atoms with E-state index in [0.29, 0.717) is 37.5 Å². The number of carbonyl (C=O) groups is 4. The lowest BCUT2D eigenvalue weighted by molar-refractivity contribution is -0.127. The highest BCUT2D eigenvalue weighted by molar-refractivity contribution is 9.11. The third kappa shape index (κ3) is 5.59. The van der Waals surface area contributed by atoms with E-state index in [1.54, 1.807) is 19.1 Å². The average molecular weight is 584 g/mol. The van der Waals surface area contributed by atoms with Crippen molar-refractivity contribution in [3.63, 3.8) is 0 Å². The number of imide groups is 1. The largest absolute Gasteiger partial charge is 0.506 e. The first-order valence-corrected chi connectivity index (χ1v) is 11.6. The Labute approximate surface area is 204 Å². The molecule has 0 aliphatic carbocycles. The second-order valence-corrected chi connectivity index (χ2v) is 9.20. The van der Waals surface area contributed by atoms with Crippen molar-refractivity contribution in [3.8, 4) is 5.75 Å². The molecular weight excluding hydrogens is 568 g/mol. The van der Waals surface area contributed by atoms with Gasteiger partial charge in [-0.2, -0.15) is 0 Å². The fraction of sp³-hybridized carbons (Fsp3) is 0.143. The predicted octanol–water partition coefficient (Wildman–Crippen LogP) is 4.77. The second-order valence-electron chi connectivity index (χ2n) is 6.44. The minimum atomic E-state index is -0.636. The zero-order chi connectivity index (χ0) is 23.4. The number of hydrogen-bond acceptors (Lipinski definition) is 7. The predicted molar refractivity (Wildman–Crippen MR) is 127 cm³/mol. The summed E-state index contributed by atoms with van der Waals surface area (Å²) in [5.41, 5.74) is 1.07. The Morgan fingerprint density at radius 3 is 2.53 bits per heavy atom. The van der Waals surface area contributed by atoms with Crippen molar-refractivity contribution in [2.45, 2.75) is 6.92 Å². The molecule has 1 heterocycles. The van der Waals surface area contributed by atoms with Crippen LogP contribution in [-0.4, -0.2) is 46.2 Å².